The van der Waals surface area contributed by atoms with Crippen LogP contribution in [0.5, 0.6) is 5.75 Å². The summed E-state index contributed by atoms with van der Waals surface area (Å²) in [5.41, 5.74) is 3.11. The number of amides is 3. The molecule has 0 unspecified atom stereocenters. The molecule has 1 aromatic heterocycles. The smallest absolute Gasteiger partial charge is 0.338 e. The number of allylic oxidation sites excluding steroid dienone is 1. The van der Waals surface area contributed by atoms with Crippen LogP contribution in [0.3, 0.4) is 0 Å². The number of nitrogens with zero attached hydrogens (tertiary/aromatic N) is 1. The van der Waals surface area contributed by atoms with Crippen LogP contribution < -0.4 is 10.6 Å². The summed E-state index contributed by atoms with van der Waals surface area (Å²) in [4.78, 5) is 59.6. The number of phenolic OH excluding ortho intramolecular Hbond substituents is 1. The fourth-order valence-electron chi connectivity index (χ4n) is 6.01. The van der Waals surface area contributed by atoms with Crippen molar-refractivity contribution < 1.29 is 33.8 Å². The van der Waals surface area contributed by atoms with Gasteiger partial charge in [-0.3, -0.25) is 14.4 Å². The summed E-state index contributed by atoms with van der Waals surface area (Å²) < 4.78 is 11.6. The van der Waals surface area contributed by atoms with Crippen LogP contribution in [0.25, 0.3) is 10.9 Å². The van der Waals surface area contributed by atoms with Gasteiger partial charge >= 0.3 is 5.97 Å². The van der Waals surface area contributed by atoms with Crippen LogP contribution in [-0.2, 0) is 35.1 Å². The number of esters is 1. The molecule has 0 saturated heterocycles. The summed E-state index contributed by atoms with van der Waals surface area (Å²) in [5.74, 6) is -2.58. The summed E-state index contributed by atoms with van der Waals surface area (Å²) >= 11 is 0. The molecule has 1 aliphatic rings. The number of hydrogen-bond acceptors (Lipinski definition) is 7. The Morgan fingerprint density at radius 2 is 1.64 bits per heavy atom. The van der Waals surface area contributed by atoms with Crippen molar-refractivity contribution in [3.8, 4) is 5.75 Å². The minimum atomic E-state index is -1.25. The number of fused-ring (bicyclic) bond motifs is 1. The predicted octanol–water partition coefficient (Wildman–Crippen LogP) is 4.17. The maximum Gasteiger partial charge on any atom is 0.338 e. The molecule has 11 nitrogen and oxygen atoms in total. The van der Waals surface area contributed by atoms with Crippen molar-refractivity contribution in [2.45, 2.75) is 77.8 Å². The molecule has 3 amide bonds. The number of H-pyrrole nitrogens is 1. The molecule has 47 heavy (non-hydrogen) atoms. The molecule has 0 fully saturated rings. The SMILES string of the molecule is CO[C@@H]1C(=O)O[C@@H](C)[C@H](C)/C=C(/C)C[C@@H](C)C(=O)N[C@@H](C)C(=O)N(C)[C@H](Cc2c[nH]c3ccccc23)C(=O)N[C@@H]1c1ccc(O)cc1. The number of aromatic hydroxyl groups is 1. The number of benzene rings is 2. The second-order valence-electron chi connectivity index (χ2n) is 12.6. The van der Waals surface area contributed by atoms with E-state index in [0.717, 1.165) is 22.0 Å². The van der Waals surface area contributed by atoms with E-state index < -0.39 is 54.0 Å². The maximum absolute atomic E-state index is 14.4. The van der Waals surface area contributed by atoms with Crippen molar-refractivity contribution in [3.05, 3.63) is 77.5 Å². The van der Waals surface area contributed by atoms with Gasteiger partial charge < -0.3 is 35.1 Å². The average Bonchev–Trinajstić information content (AvgIpc) is 3.45. The second-order valence-corrected chi connectivity index (χ2v) is 12.6. The van der Waals surface area contributed by atoms with Gasteiger partial charge in [0.05, 0.1) is 6.04 Å². The highest BCUT2D eigenvalue weighted by atomic mass is 16.6. The number of aromatic nitrogens is 1. The molecule has 0 aliphatic carbocycles. The highest BCUT2D eigenvalue weighted by Gasteiger charge is 2.38. The number of likely N-dealkylation sites (N-methyl/N-ethyl adjacent to an activating group) is 1. The molecule has 0 radical (unpaired) electrons. The van der Waals surface area contributed by atoms with Gasteiger partial charge in [-0.15, -0.1) is 0 Å². The predicted molar refractivity (Wildman–Crippen MR) is 178 cm³/mol. The van der Waals surface area contributed by atoms with Crippen molar-refractivity contribution in [3.63, 3.8) is 0 Å². The minimum absolute atomic E-state index is 0.00862. The molecular formula is C36H46N4O7. The minimum Gasteiger partial charge on any atom is -0.508 e. The third kappa shape index (κ3) is 8.40. The van der Waals surface area contributed by atoms with Gasteiger partial charge in [-0.2, -0.15) is 0 Å². The zero-order valence-corrected chi connectivity index (χ0v) is 28.1. The summed E-state index contributed by atoms with van der Waals surface area (Å²) in [6, 6.07) is 10.7. The van der Waals surface area contributed by atoms with E-state index in [1.165, 1.54) is 31.2 Å². The van der Waals surface area contributed by atoms with E-state index in [1.54, 1.807) is 39.1 Å². The van der Waals surface area contributed by atoms with Gasteiger partial charge in [-0.05, 0) is 56.5 Å². The van der Waals surface area contributed by atoms with Gasteiger partial charge in [0.15, 0.2) is 6.10 Å². The van der Waals surface area contributed by atoms with E-state index >= 15 is 0 Å². The number of phenols is 1. The number of nitrogens with one attached hydrogen (secondary N) is 3. The Balaban J connectivity index is 1.80. The number of ether oxygens (including phenoxy) is 2. The summed E-state index contributed by atoms with van der Waals surface area (Å²) in [6.07, 6.45) is 2.55. The quantitative estimate of drug-likeness (QED) is 0.246. The third-order valence-corrected chi connectivity index (χ3v) is 8.94. The number of hydrogen-bond donors (Lipinski definition) is 4. The lowest BCUT2D eigenvalue weighted by Gasteiger charge is -2.33. The Kier molecular flexibility index (Phi) is 11.5. The number of aromatic amines is 1. The fraction of sp³-hybridized carbons (Fsp3) is 0.444. The highest BCUT2D eigenvalue weighted by Crippen LogP contribution is 2.27. The van der Waals surface area contributed by atoms with Gasteiger partial charge in [0.1, 0.15) is 23.9 Å². The number of para-hydroxylation sites is 1. The Morgan fingerprint density at radius 3 is 2.32 bits per heavy atom. The molecule has 11 heteroatoms. The fourth-order valence-corrected chi connectivity index (χ4v) is 6.01. The Bertz CT molecular complexity index is 1610. The van der Waals surface area contributed by atoms with Crippen LogP contribution >= 0.6 is 0 Å². The van der Waals surface area contributed by atoms with E-state index in [0.29, 0.717) is 12.0 Å². The first kappa shape index (κ1) is 35.2. The van der Waals surface area contributed by atoms with Crippen LogP contribution in [0.15, 0.2) is 66.4 Å². The molecule has 4 rings (SSSR count). The third-order valence-electron chi connectivity index (χ3n) is 8.94. The van der Waals surface area contributed by atoms with E-state index in [1.807, 2.05) is 44.2 Å². The van der Waals surface area contributed by atoms with Crippen molar-refractivity contribution in [1.29, 1.82) is 0 Å². The van der Waals surface area contributed by atoms with Crippen LogP contribution in [0.4, 0.5) is 0 Å². The summed E-state index contributed by atoms with van der Waals surface area (Å²) in [7, 11) is 2.89. The Hall–Kier alpha value is -4.64. The molecular weight excluding hydrogens is 600 g/mol. The van der Waals surface area contributed by atoms with E-state index in [2.05, 4.69) is 15.6 Å². The first-order valence-electron chi connectivity index (χ1n) is 15.9. The molecule has 0 saturated carbocycles. The molecule has 0 spiro atoms. The topological polar surface area (TPSA) is 150 Å². The van der Waals surface area contributed by atoms with Gasteiger partial charge in [-0.1, -0.05) is 55.8 Å². The van der Waals surface area contributed by atoms with Gasteiger partial charge in [0.25, 0.3) is 0 Å². The van der Waals surface area contributed by atoms with E-state index in [4.69, 9.17) is 9.47 Å². The molecule has 7 atom stereocenters. The zero-order valence-electron chi connectivity index (χ0n) is 28.1. The Labute approximate surface area is 275 Å². The van der Waals surface area contributed by atoms with Gasteiger partial charge in [-0.25, -0.2) is 4.79 Å². The highest BCUT2D eigenvalue weighted by molar-refractivity contribution is 5.93. The number of rotatable bonds is 4. The lowest BCUT2D eigenvalue weighted by Crippen LogP contribution is -2.56. The molecule has 0 bridgehead atoms. The molecule has 1 aliphatic heterocycles. The standard InChI is InChI=1S/C36H46N4O7/c1-20-16-21(2)24(5)47-36(45)32(46-7)31(25-12-14-27(41)15-13-25)39-34(43)30(18-26-19-37-29-11-9-8-10-28(26)29)40(6)35(44)23(4)38-33(42)22(3)17-20/h8-16,19,21-24,30-32,37,41H,17-18H2,1-7H3,(H,38,42)(H,39,43)/b20-16-/t21-,22-,23+,24+,30-,31-,32+/m1/s1. The van der Waals surface area contributed by atoms with Crippen molar-refractivity contribution in [1.82, 2.24) is 20.5 Å². The van der Waals surface area contributed by atoms with E-state index in [9.17, 15) is 24.3 Å². The molecule has 4 N–H and O–H groups in total. The van der Waals surface area contributed by atoms with Crippen LogP contribution in [0.2, 0.25) is 0 Å². The van der Waals surface area contributed by atoms with Gasteiger partial charge in [0.2, 0.25) is 17.7 Å². The molecule has 252 valence electrons. The van der Waals surface area contributed by atoms with Crippen LogP contribution in [0.1, 0.15) is 58.2 Å². The second kappa shape index (κ2) is 15.3. The zero-order chi connectivity index (χ0) is 34.4. The normalized spacial score (nSPS) is 28.4. The average molecular weight is 647 g/mol. The monoisotopic (exact) mass is 646 g/mol. The van der Waals surface area contributed by atoms with Crippen molar-refractivity contribution in [2.24, 2.45) is 11.8 Å². The number of carbonyl (C=O) groups is 4. The van der Waals surface area contributed by atoms with Crippen molar-refractivity contribution >= 4 is 34.6 Å². The van der Waals surface area contributed by atoms with E-state index in [-0.39, 0.29) is 24.0 Å². The lowest BCUT2D eigenvalue weighted by atomic mass is 9.95. The molecule has 2 heterocycles. The van der Waals surface area contributed by atoms with Gasteiger partial charge in [0, 0.05) is 49.5 Å². The first-order valence-corrected chi connectivity index (χ1v) is 15.9. The number of carbonyl (C=O) groups excluding carboxylic acids is 4. The summed E-state index contributed by atoms with van der Waals surface area (Å²) in [5, 5.41) is 16.7. The van der Waals surface area contributed by atoms with Crippen molar-refractivity contribution in [2.75, 3.05) is 14.2 Å². The summed E-state index contributed by atoms with van der Waals surface area (Å²) in [6.45, 7) is 9.00. The molecule has 2 aromatic carbocycles. The lowest BCUT2D eigenvalue weighted by molar-refractivity contribution is -0.164. The van der Waals surface area contributed by atoms with Crippen LogP contribution in [-0.4, -0.2) is 77.1 Å². The Morgan fingerprint density at radius 1 is 0.957 bits per heavy atom. The number of cyclic esters (lactones) is 1. The maximum atomic E-state index is 14.4. The molecule has 3 aromatic rings. The number of methoxy groups -OCH3 is 1. The first-order chi connectivity index (χ1) is 22.3. The van der Waals surface area contributed by atoms with Crippen LogP contribution in [0, 0.1) is 11.8 Å². The largest absolute Gasteiger partial charge is 0.508 e.